The van der Waals surface area contributed by atoms with Gasteiger partial charge in [0, 0.05) is 20.1 Å². The molecule has 1 aromatic rings. The third kappa shape index (κ3) is 4.72. The van der Waals surface area contributed by atoms with Gasteiger partial charge in [-0.05, 0) is 25.5 Å². The Balaban J connectivity index is 1.79. The Morgan fingerprint density at radius 3 is 2.57 bits per heavy atom. The fraction of sp³-hybridized carbons (Fsp3) is 0.562. The van der Waals surface area contributed by atoms with E-state index in [1.54, 1.807) is 7.05 Å². The molecular formula is C16H24N2O3. The highest BCUT2D eigenvalue weighted by atomic mass is 16.6. The summed E-state index contributed by atoms with van der Waals surface area (Å²) in [6.45, 7) is 2.27. The average Bonchev–Trinajstić information content (AvgIpc) is 2.49. The topological polar surface area (TPSA) is 53.0 Å². The number of rotatable bonds is 4. The second kappa shape index (κ2) is 6.91. The molecule has 1 amide bonds. The number of piperidine rings is 1. The molecule has 0 atom stereocenters. The van der Waals surface area contributed by atoms with Crippen molar-refractivity contribution in [1.82, 2.24) is 9.80 Å². The van der Waals surface area contributed by atoms with Crippen LogP contribution in [0.1, 0.15) is 18.4 Å². The highest BCUT2D eigenvalue weighted by Crippen LogP contribution is 2.22. The first-order valence-electron chi connectivity index (χ1n) is 7.31. The molecule has 0 saturated carbocycles. The lowest BCUT2D eigenvalue weighted by atomic mass is 9.91. The first kappa shape index (κ1) is 15.8. The Bertz CT molecular complexity index is 456. The Hall–Kier alpha value is -1.59. The van der Waals surface area contributed by atoms with Gasteiger partial charge in [0.15, 0.2) is 0 Å². The number of hydrogen-bond donors (Lipinski definition) is 1. The van der Waals surface area contributed by atoms with Gasteiger partial charge in [0.1, 0.15) is 6.61 Å². The summed E-state index contributed by atoms with van der Waals surface area (Å²) in [4.78, 5) is 15.6. The molecule has 0 bridgehead atoms. The van der Waals surface area contributed by atoms with Crippen LogP contribution in [0.2, 0.25) is 0 Å². The largest absolute Gasteiger partial charge is 0.445 e. The fourth-order valence-electron chi connectivity index (χ4n) is 2.53. The minimum atomic E-state index is -0.799. The zero-order chi connectivity index (χ0) is 15.3. The van der Waals surface area contributed by atoms with Crippen molar-refractivity contribution < 1.29 is 14.6 Å². The van der Waals surface area contributed by atoms with E-state index in [1.165, 1.54) is 4.90 Å². The van der Waals surface area contributed by atoms with Gasteiger partial charge in [-0.25, -0.2) is 4.79 Å². The molecule has 0 unspecified atom stereocenters. The molecule has 0 spiro atoms. The van der Waals surface area contributed by atoms with Crippen molar-refractivity contribution >= 4 is 6.09 Å². The molecule has 2 rings (SSSR count). The predicted molar refractivity (Wildman–Crippen MR) is 80.9 cm³/mol. The van der Waals surface area contributed by atoms with E-state index in [1.807, 2.05) is 37.4 Å². The fourth-order valence-corrected chi connectivity index (χ4v) is 2.53. The van der Waals surface area contributed by atoms with Gasteiger partial charge in [0.05, 0.1) is 12.1 Å². The number of carbonyl (C=O) groups is 1. The second-order valence-electron chi connectivity index (χ2n) is 5.92. The average molecular weight is 292 g/mol. The van der Waals surface area contributed by atoms with Crippen molar-refractivity contribution in [3.8, 4) is 0 Å². The third-order valence-electron chi connectivity index (χ3n) is 3.97. The quantitative estimate of drug-likeness (QED) is 0.918. The first-order chi connectivity index (χ1) is 9.98. The number of amides is 1. The molecule has 116 valence electrons. The van der Waals surface area contributed by atoms with Crippen molar-refractivity contribution in [1.29, 1.82) is 0 Å². The molecule has 1 aromatic carbocycles. The van der Waals surface area contributed by atoms with Gasteiger partial charge in [0.2, 0.25) is 0 Å². The molecule has 0 radical (unpaired) electrons. The summed E-state index contributed by atoms with van der Waals surface area (Å²) in [7, 11) is 3.71. The molecule has 0 aromatic heterocycles. The Morgan fingerprint density at radius 1 is 1.33 bits per heavy atom. The normalized spacial score (nSPS) is 18.2. The lowest BCUT2D eigenvalue weighted by Gasteiger charge is -2.38. The van der Waals surface area contributed by atoms with E-state index < -0.39 is 11.7 Å². The standard InChI is InChI=1S/C16H24N2O3/c1-17-10-8-16(20,9-11-17)13-18(2)15(19)21-12-14-6-4-3-5-7-14/h3-7,20H,8-13H2,1-2H3. The Labute approximate surface area is 126 Å². The van der Waals surface area contributed by atoms with E-state index in [0.717, 1.165) is 18.7 Å². The predicted octanol–water partition coefficient (Wildman–Crippen LogP) is 1.71. The summed E-state index contributed by atoms with van der Waals surface area (Å²) in [5, 5.41) is 10.5. The summed E-state index contributed by atoms with van der Waals surface area (Å²) < 4.78 is 5.26. The van der Waals surface area contributed by atoms with Gasteiger partial charge in [-0.15, -0.1) is 0 Å². The number of likely N-dealkylation sites (tertiary alicyclic amines) is 1. The third-order valence-corrected chi connectivity index (χ3v) is 3.97. The Kier molecular flexibility index (Phi) is 5.20. The maximum absolute atomic E-state index is 12.0. The van der Waals surface area contributed by atoms with Crippen LogP contribution in [-0.2, 0) is 11.3 Å². The van der Waals surface area contributed by atoms with Crippen LogP contribution in [0.5, 0.6) is 0 Å². The minimum Gasteiger partial charge on any atom is -0.445 e. The maximum Gasteiger partial charge on any atom is 0.409 e. The smallest absolute Gasteiger partial charge is 0.409 e. The van der Waals surface area contributed by atoms with Crippen LogP contribution in [0.15, 0.2) is 30.3 Å². The number of ether oxygens (including phenoxy) is 1. The van der Waals surface area contributed by atoms with Crippen molar-refractivity contribution in [3.05, 3.63) is 35.9 Å². The lowest BCUT2D eigenvalue weighted by Crippen LogP contribution is -2.50. The van der Waals surface area contributed by atoms with Crippen LogP contribution in [-0.4, -0.2) is 60.3 Å². The van der Waals surface area contributed by atoms with E-state index >= 15 is 0 Å². The maximum atomic E-state index is 12.0. The molecule has 0 aliphatic carbocycles. The molecule has 1 heterocycles. The van der Waals surface area contributed by atoms with Crippen molar-refractivity contribution in [2.75, 3.05) is 33.7 Å². The van der Waals surface area contributed by atoms with Gasteiger partial charge in [0.25, 0.3) is 0 Å². The molecule has 1 saturated heterocycles. The summed E-state index contributed by atoms with van der Waals surface area (Å²) in [5.41, 5.74) is 0.157. The van der Waals surface area contributed by atoms with E-state index in [4.69, 9.17) is 4.74 Å². The molecule has 1 fully saturated rings. The molecule has 1 N–H and O–H groups in total. The van der Waals surface area contributed by atoms with Gasteiger partial charge >= 0.3 is 6.09 Å². The highest BCUT2D eigenvalue weighted by molar-refractivity contribution is 5.67. The van der Waals surface area contributed by atoms with Crippen LogP contribution in [0.25, 0.3) is 0 Å². The van der Waals surface area contributed by atoms with Crippen LogP contribution in [0.4, 0.5) is 4.79 Å². The van der Waals surface area contributed by atoms with Crippen molar-refractivity contribution in [3.63, 3.8) is 0 Å². The summed E-state index contributed by atoms with van der Waals surface area (Å²) >= 11 is 0. The summed E-state index contributed by atoms with van der Waals surface area (Å²) in [6.07, 6.45) is 0.964. The second-order valence-corrected chi connectivity index (χ2v) is 5.92. The molecule has 5 heteroatoms. The molecule has 5 nitrogen and oxygen atoms in total. The molecule has 21 heavy (non-hydrogen) atoms. The zero-order valence-electron chi connectivity index (χ0n) is 12.8. The van der Waals surface area contributed by atoms with E-state index in [0.29, 0.717) is 19.4 Å². The lowest BCUT2D eigenvalue weighted by molar-refractivity contribution is -0.0362. The SMILES string of the molecule is CN1CCC(O)(CN(C)C(=O)OCc2ccccc2)CC1. The molecule has 1 aliphatic rings. The Morgan fingerprint density at radius 2 is 1.95 bits per heavy atom. The van der Waals surface area contributed by atoms with Crippen LogP contribution in [0, 0.1) is 0 Å². The monoisotopic (exact) mass is 292 g/mol. The first-order valence-corrected chi connectivity index (χ1v) is 7.31. The van der Waals surface area contributed by atoms with Gasteiger partial charge in [-0.1, -0.05) is 30.3 Å². The number of aliphatic hydroxyl groups is 1. The van der Waals surface area contributed by atoms with E-state index in [-0.39, 0.29) is 6.61 Å². The van der Waals surface area contributed by atoms with Gasteiger partial charge < -0.3 is 19.6 Å². The summed E-state index contributed by atoms with van der Waals surface area (Å²) in [6, 6.07) is 9.57. The van der Waals surface area contributed by atoms with Gasteiger partial charge in [-0.2, -0.15) is 0 Å². The number of nitrogens with zero attached hydrogens (tertiary/aromatic N) is 2. The number of likely N-dealkylation sites (N-methyl/N-ethyl adjacent to an activating group) is 1. The number of hydrogen-bond acceptors (Lipinski definition) is 4. The molecular weight excluding hydrogens is 268 g/mol. The summed E-state index contributed by atoms with van der Waals surface area (Å²) in [5.74, 6) is 0. The minimum absolute atomic E-state index is 0.255. The van der Waals surface area contributed by atoms with Crippen LogP contribution in [0.3, 0.4) is 0 Å². The van der Waals surface area contributed by atoms with Gasteiger partial charge in [-0.3, -0.25) is 0 Å². The highest BCUT2D eigenvalue weighted by Gasteiger charge is 2.33. The number of carbonyl (C=O) groups excluding carboxylic acids is 1. The van der Waals surface area contributed by atoms with Crippen molar-refractivity contribution in [2.24, 2.45) is 0 Å². The molecule has 1 aliphatic heterocycles. The van der Waals surface area contributed by atoms with Crippen LogP contribution >= 0.6 is 0 Å². The van der Waals surface area contributed by atoms with Crippen molar-refractivity contribution in [2.45, 2.75) is 25.0 Å². The van der Waals surface area contributed by atoms with E-state index in [9.17, 15) is 9.90 Å². The van der Waals surface area contributed by atoms with Crippen LogP contribution < -0.4 is 0 Å². The van der Waals surface area contributed by atoms with E-state index in [2.05, 4.69) is 4.90 Å². The zero-order valence-corrected chi connectivity index (χ0v) is 12.8. The number of benzene rings is 1.